The summed E-state index contributed by atoms with van der Waals surface area (Å²) in [5.41, 5.74) is -0.0354. The maximum absolute atomic E-state index is 10.6. The van der Waals surface area contributed by atoms with Crippen LogP contribution < -0.4 is 5.32 Å². The first-order valence-corrected chi connectivity index (χ1v) is 5.45. The number of nitrogens with one attached hydrogen (secondary N) is 1. The van der Waals surface area contributed by atoms with Gasteiger partial charge in [-0.05, 0) is 13.3 Å². The Morgan fingerprint density at radius 3 is 2.75 bits per heavy atom. The van der Waals surface area contributed by atoms with Gasteiger partial charge in [-0.25, -0.2) is 14.8 Å². The summed E-state index contributed by atoms with van der Waals surface area (Å²) in [5.74, 6) is -0.438. The second-order valence-corrected chi connectivity index (χ2v) is 3.78. The summed E-state index contributed by atoms with van der Waals surface area (Å²) in [4.78, 5) is 18.3. The molecule has 5 nitrogen and oxygen atoms in total. The Balaban J connectivity index is 2.51. The van der Waals surface area contributed by atoms with Crippen LogP contribution in [0.15, 0.2) is 12.4 Å². The predicted octanol–water partition coefficient (Wildman–Crippen LogP) is 2.17. The highest BCUT2D eigenvalue weighted by molar-refractivity contribution is 5.84. The SMILES string of the molecule is CCCCC(C)Nc1cnc(C(=O)O)cn1. The second-order valence-electron chi connectivity index (χ2n) is 3.78. The van der Waals surface area contributed by atoms with E-state index in [1.165, 1.54) is 12.4 Å². The molecule has 0 radical (unpaired) electrons. The van der Waals surface area contributed by atoms with E-state index in [-0.39, 0.29) is 5.69 Å². The third kappa shape index (κ3) is 3.84. The summed E-state index contributed by atoms with van der Waals surface area (Å²) in [6.45, 7) is 4.22. The normalized spacial score (nSPS) is 12.1. The summed E-state index contributed by atoms with van der Waals surface area (Å²) in [6.07, 6.45) is 6.10. The zero-order chi connectivity index (χ0) is 12.0. The molecule has 1 unspecified atom stereocenters. The number of anilines is 1. The fourth-order valence-corrected chi connectivity index (χ4v) is 1.35. The Morgan fingerprint density at radius 1 is 1.50 bits per heavy atom. The van der Waals surface area contributed by atoms with Crippen molar-refractivity contribution in [1.29, 1.82) is 0 Å². The largest absolute Gasteiger partial charge is 0.476 e. The van der Waals surface area contributed by atoms with Crippen molar-refractivity contribution in [2.75, 3.05) is 5.32 Å². The molecule has 0 aromatic carbocycles. The minimum atomic E-state index is -1.06. The molecule has 0 saturated heterocycles. The van der Waals surface area contributed by atoms with Crippen molar-refractivity contribution in [3.8, 4) is 0 Å². The quantitative estimate of drug-likeness (QED) is 0.773. The van der Waals surface area contributed by atoms with Crippen LogP contribution in [0.25, 0.3) is 0 Å². The average Bonchev–Trinajstić information content (AvgIpc) is 2.27. The number of unbranched alkanes of at least 4 members (excludes halogenated alkanes) is 1. The lowest BCUT2D eigenvalue weighted by Crippen LogP contribution is -2.16. The first-order chi connectivity index (χ1) is 7.63. The smallest absolute Gasteiger partial charge is 0.356 e. The van der Waals surface area contributed by atoms with Crippen LogP contribution in [0.1, 0.15) is 43.6 Å². The van der Waals surface area contributed by atoms with E-state index in [9.17, 15) is 4.79 Å². The fraction of sp³-hybridized carbons (Fsp3) is 0.545. The van der Waals surface area contributed by atoms with E-state index in [0.717, 1.165) is 19.3 Å². The van der Waals surface area contributed by atoms with Crippen molar-refractivity contribution in [3.63, 3.8) is 0 Å². The van der Waals surface area contributed by atoms with Crippen LogP contribution in [0.3, 0.4) is 0 Å². The lowest BCUT2D eigenvalue weighted by atomic mass is 10.1. The van der Waals surface area contributed by atoms with Crippen LogP contribution in [0, 0.1) is 0 Å². The minimum Gasteiger partial charge on any atom is -0.476 e. The molecule has 0 bridgehead atoms. The number of carboxylic acid groups (broad SMARTS) is 1. The van der Waals surface area contributed by atoms with Crippen LogP contribution in [-0.2, 0) is 0 Å². The molecule has 88 valence electrons. The van der Waals surface area contributed by atoms with Crippen LogP contribution in [0.2, 0.25) is 0 Å². The topological polar surface area (TPSA) is 75.1 Å². The highest BCUT2D eigenvalue weighted by Gasteiger charge is 2.06. The molecule has 0 fully saturated rings. The van der Waals surface area contributed by atoms with Gasteiger partial charge in [0.05, 0.1) is 12.4 Å². The van der Waals surface area contributed by atoms with Gasteiger partial charge in [-0.3, -0.25) is 0 Å². The molecule has 1 atom stereocenters. The van der Waals surface area contributed by atoms with Crippen molar-refractivity contribution in [2.24, 2.45) is 0 Å². The Hall–Kier alpha value is -1.65. The summed E-state index contributed by atoms with van der Waals surface area (Å²) < 4.78 is 0. The van der Waals surface area contributed by atoms with Gasteiger partial charge < -0.3 is 10.4 Å². The molecule has 0 spiro atoms. The second kappa shape index (κ2) is 6.05. The average molecular weight is 223 g/mol. The standard InChI is InChI=1S/C11H17N3O2/c1-3-4-5-8(2)14-10-7-12-9(6-13-10)11(15)16/h6-8H,3-5H2,1-2H3,(H,13,14)(H,15,16). The Morgan fingerprint density at radius 2 is 2.25 bits per heavy atom. The number of hydrogen-bond acceptors (Lipinski definition) is 4. The number of carbonyl (C=O) groups is 1. The highest BCUT2D eigenvalue weighted by Crippen LogP contribution is 2.07. The van der Waals surface area contributed by atoms with Gasteiger partial charge in [-0.15, -0.1) is 0 Å². The first-order valence-electron chi connectivity index (χ1n) is 5.45. The summed E-state index contributed by atoms with van der Waals surface area (Å²) in [5, 5.41) is 11.8. The van der Waals surface area contributed by atoms with Crippen LogP contribution in [0.5, 0.6) is 0 Å². The first kappa shape index (κ1) is 12.4. The molecule has 0 aliphatic rings. The van der Waals surface area contributed by atoms with Crippen LogP contribution in [0.4, 0.5) is 5.82 Å². The summed E-state index contributed by atoms with van der Waals surface area (Å²) in [7, 11) is 0. The molecule has 16 heavy (non-hydrogen) atoms. The van der Waals surface area contributed by atoms with E-state index in [1.807, 2.05) is 0 Å². The van der Waals surface area contributed by atoms with E-state index >= 15 is 0 Å². The van der Waals surface area contributed by atoms with Crippen molar-refractivity contribution in [1.82, 2.24) is 9.97 Å². The molecular formula is C11H17N3O2. The molecule has 1 heterocycles. The molecule has 1 rings (SSSR count). The summed E-state index contributed by atoms with van der Waals surface area (Å²) in [6, 6.07) is 0.324. The molecule has 0 aliphatic carbocycles. The maximum atomic E-state index is 10.6. The molecule has 0 amide bonds. The lowest BCUT2D eigenvalue weighted by Gasteiger charge is -2.13. The van der Waals surface area contributed by atoms with Crippen molar-refractivity contribution in [2.45, 2.75) is 39.2 Å². The van der Waals surface area contributed by atoms with Gasteiger partial charge in [0, 0.05) is 6.04 Å². The van der Waals surface area contributed by atoms with Crippen molar-refractivity contribution < 1.29 is 9.90 Å². The van der Waals surface area contributed by atoms with Gasteiger partial charge in [0.15, 0.2) is 5.69 Å². The zero-order valence-electron chi connectivity index (χ0n) is 9.60. The molecule has 2 N–H and O–H groups in total. The minimum absolute atomic E-state index is 0.0354. The van der Waals surface area contributed by atoms with Crippen LogP contribution in [-0.4, -0.2) is 27.1 Å². The van der Waals surface area contributed by atoms with E-state index < -0.39 is 5.97 Å². The predicted molar refractivity (Wildman–Crippen MR) is 61.6 cm³/mol. The fourth-order valence-electron chi connectivity index (χ4n) is 1.35. The number of aromatic nitrogens is 2. The molecule has 0 aliphatic heterocycles. The molecule has 5 heteroatoms. The van der Waals surface area contributed by atoms with Gasteiger partial charge in [0.2, 0.25) is 0 Å². The zero-order valence-corrected chi connectivity index (χ0v) is 9.60. The van der Waals surface area contributed by atoms with E-state index in [0.29, 0.717) is 11.9 Å². The third-order valence-corrected chi connectivity index (χ3v) is 2.26. The number of aromatic carboxylic acids is 1. The summed E-state index contributed by atoms with van der Waals surface area (Å²) >= 11 is 0. The number of carboxylic acids is 1. The highest BCUT2D eigenvalue weighted by atomic mass is 16.4. The maximum Gasteiger partial charge on any atom is 0.356 e. The third-order valence-electron chi connectivity index (χ3n) is 2.26. The van der Waals surface area contributed by atoms with E-state index in [2.05, 4.69) is 29.1 Å². The van der Waals surface area contributed by atoms with Crippen LogP contribution >= 0.6 is 0 Å². The Labute approximate surface area is 94.9 Å². The van der Waals surface area contributed by atoms with Crippen molar-refractivity contribution in [3.05, 3.63) is 18.1 Å². The van der Waals surface area contributed by atoms with E-state index in [4.69, 9.17) is 5.11 Å². The van der Waals surface area contributed by atoms with Gasteiger partial charge >= 0.3 is 5.97 Å². The number of hydrogen-bond donors (Lipinski definition) is 2. The number of rotatable bonds is 6. The van der Waals surface area contributed by atoms with Gasteiger partial charge in [0.1, 0.15) is 5.82 Å². The van der Waals surface area contributed by atoms with Gasteiger partial charge in [0.25, 0.3) is 0 Å². The molecule has 1 aromatic rings. The lowest BCUT2D eigenvalue weighted by molar-refractivity contribution is 0.0690. The van der Waals surface area contributed by atoms with E-state index in [1.54, 1.807) is 0 Å². The molecular weight excluding hydrogens is 206 g/mol. The van der Waals surface area contributed by atoms with Gasteiger partial charge in [-0.2, -0.15) is 0 Å². The molecule has 1 aromatic heterocycles. The van der Waals surface area contributed by atoms with Crippen molar-refractivity contribution >= 4 is 11.8 Å². The van der Waals surface area contributed by atoms with Gasteiger partial charge in [-0.1, -0.05) is 19.8 Å². The Bertz CT molecular complexity index is 338. The monoisotopic (exact) mass is 223 g/mol. The molecule has 0 saturated carbocycles. The number of nitrogens with zero attached hydrogens (tertiary/aromatic N) is 2. The Kier molecular flexibility index (Phi) is 4.69.